The summed E-state index contributed by atoms with van der Waals surface area (Å²) in [6.45, 7) is 1.09. The van der Waals surface area contributed by atoms with Crippen LogP contribution in [0, 0.1) is 0 Å². The van der Waals surface area contributed by atoms with Crippen LogP contribution in [0.2, 0.25) is 5.02 Å². The highest BCUT2D eigenvalue weighted by Crippen LogP contribution is 2.32. The number of aliphatic hydroxyl groups excluding tert-OH is 1. The van der Waals surface area contributed by atoms with E-state index in [1.54, 1.807) is 0 Å². The molecule has 1 aromatic rings. The van der Waals surface area contributed by atoms with Crippen molar-refractivity contribution < 1.29 is 19.4 Å². The van der Waals surface area contributed by atoms with Crippen LogP contribution in [-0.2, 0) is 11.4 Å². The monoisotopic (exact) mass is 230 g/mol. The van der Waals surface area contributed by atoms with Crippen LogP contribution in [0.15, 0.2) is 12.1 Å². The minimum Gasteiger partial charge on any atom is -0.496 e. The first-order valence-electron chi connectivity index (χ1n) is 4.24. The molecule has 82 valence electrons. The summed E-state index contributed by atoms with van der Waals surface area (Å²) < 4.78 is 9.86. The molecule has 0 saturated heterocycles. The molecule has 15 heavy (non-hydrogen) atoms. The summed E-state index contributed by atoms with van der Waals surface area (Å²) in [6.07, 6.45) is 0. The van der Waals surface area contributed by atoms with Crippen molar-refractivity contribution in [2.45, 2.75) is 13.5 Å². The van der Waals surface area contributed by atoms with Crippen molar-refractivity contribution in [3.63, 3.8) is 0 Å². The smallest absolute Gasteiger partial charge is 0.308 e. The molecule has 1 N–H and O–H groups in total. The van der Waals surface area contributed by atoms with Crippen LogP contribution in [0.5, 0.6) is 11.5 Å². The van der Waals surface area contributed by atoms with E-state index in [2.05, 4.69) is 0 Å². The summed E-state index contributed by atoms with van der Waals surface area (Å²) in [6, 6.07) is 2.97. The number of hydrogen-bond acceptors (Lipinski definition) is 4. The molecule has 0 spiro atoms. The van der Waals surface area contributed by atoms with Gasteiger partial charge in [-0.1, -0.05) is 11.6 Å². The standard InChI is InChI=1S/C10H11ClO4/c1-6(13)15-10-4-9(14-2)7(5-12)3-8(10)11/h3-4,12H,5H2,1-2H3. The zero-order valence-electron chi connectivity index (χ0n) is 8.41. The van der Waals surface area contributed by atoms with E-state index in [9.17, 15) is 4.79 Å². The molecule has 0 aromatic heterocycles. The van der Waals surface area contributed by atoms with Gasteiger partial charge in [0.25, 0.3) is 0 Å². The van der Waals surface area contributed by atoms with E-state index in [4.69, 9.17) is 26.2 Å². The molecule has 0 heterocycles. The molecule has 0 aliphatic rings. The summed E-state index contributed by atoms with van der Waals surface area (Å²) in [5, 5.41) is 9.26. The van der Waals surface area contributed by atoms with Crippen molar-refractivity contribution in [2.24, 2.45) is 0 Å². The zero-order valence-corrected chi connectivity index (χ0v) is 9.17. The normalized spacial score (nSPS) is 9.87. The van der Waals surface area contributed by atoms with E-state index in [0.717, 1.165) is 0 Å². The summed E-state index contributed by atoms with van der Waals surface area (Å²) >= 11 is 5.84. The van der Waals surface area contributed by atoms with E-state index in [1.165, 1.54) is 26.2 Å². The van der Waals surface area contributed by atoms with Gasteiger partial charge >= 0.3 is 5.97 Å². The minimum atomic E-state index is -0.462. The van der Waals surface area contributed by atoms with Crippen molar-refractivity contribution in [3.8, 4) is 11.5 Å². The maximum Gasteiger partial charge on any atom is 0.308 e. The quantitative estimate of drug-likeness (QED) is 0.635. The molecular formula is C10H11ClO4. The van der Waals surface area contributed by atoms with Gasteiger partial charge in [0.1, 0.15) is 5.75 Å². The Labute approximate surface area is 92.4 Å². The van der Waals surface area contributed by atoms with E-state index in [0.29, 0.717) is 11.3 Å². The lowest BCUT2D eigenvalue weighted by Crippen LogP contribution is -2.03. The van der Waals surface area contributed by atoms with Crippen molar-refractivity contribution in [2.75, 3.05) is 7.11 Å². The fourth-order valence-corrected chi connectivity index (χ4v) is 1.35. The molecule has 0 amide bonds. The van der Waals surface area contributed by atoms with Gasteiger partial charge in [-0.05, 0) is 6.07 Å². The van der Waals surface area contributed by atoms with Gasteiger partial charge in [-0.15, -0.1) is 0 Å². The number of ether oxygens (including phenoxy) is 2. The van der Waals surface area contributed by atoms with Crippen molar-refractivity contribution in [3.05, 3.63) is 22.7 Å². The lowest BCUT2D eigenvalue weighted by molar-refractivity contribution is -0.131. The minimum absolute atomic E-state index is 0.191. The Bertz CT molecular complexity index is 376. The highest BCUT2D eigenvalue weighted by Gasteiger charge is 2.11. The van der Waals surface area contributed by atoms with Crippen LogP contribution in [0.1, 0.15) is 12.5 Å². The molecule has 0 radical (unpaired) electrons. The highest BCUT2D eigenvalue weighted by molar-refractivity contribution is 6.32. The predicted octanol–water partition coefficient (Wildman–Crippen LogP) is 1.77. The Morgan fingerprint density at radius 3 is 2.60 bits per heavy atom. The van der Waals surface area contributed by atoms with E-state index >= 15 is 0 Å². The molecule has 0 bridgehead atoms. The lowest BCUT2D eigenvalue weighted by atomic mass is 10.2. The number of hydrogen-bond donors (Lipinski definition) is 1. The maximum atomic E-state index is 10.7. The number of benzene rings is 1. The molecule has 1 rings (SSSR count). The summed E-state index contributed by atoms with van der Waals surface area (Å²) in [5.41, 5.74) is 0.540. The van der Waals surface area contributed by atoms with Crippen LogP contribution in [0.4, 0.5) is 0 Å². The number of halogens is 1. The van der Waals surface area contributed by atoms with E-state index < -0.39 is 5.97 Å². The second-order valence-corrected chi connectivity index (χ2v) is 3.25. The molecular weight excluding hydrogens is 220 g/mol. The maximum absolute atomic E-state index is 10.7. The third-order valence-corrected chi connectivity index (χ3v) is 2.05. The van der Waals surface area contributed by atoms with Gasteiger partial charge < -0.3 is 14.6 Å². The van der Waals surface area contributed by atoms with Crippen molar-refractivity contribution in [1.29, 1.82) is 0 Å². The Morgan fingerprint density at radius 1 is 1.47 bits per heavy atom. The first-order valence-corrected chi connectivity index (χ1v) is 4.62. The van der Waals surface area contributed by atoms with E-state index in [1.807, 2.05) is 0 Å². The molecule has 5 heteroatoms. The summed E-state index contributed by atoms with van der Waals surface area (Å²) in [7, 11) is 1.46. The van der Waals surface area contributed by atoms with Crippen LogP contribution >= 0.6 is 11.6 Å². The fraction of sp³-hybridized carbons (Fsp3) is 0.300. The topological polar surface area (TPSA) is 55.8 Å². The van der Waals surface area contributed by atoms with Gasteiger partial charge in [-0.25, -0.2) is 0 Å². The van der Waals surface area contributed by atoms with Gasteiger partial charge in [-0.2, -0.15) is 0 Å². The zero-order chi connectivity index (χ0) is 11.4. The average molecular weight is 231 g/mol. The molecule has 4 nitrogen and oxygen atoms in total. The molecule has 0 aliphatic heterocycles. The number of rotatable bonds is 3. The molecule has 0 aliphatic carbocycles. The molecule has 1 aromatic carbocycles. The average Bonchev–Trinajstić information content (AvgIpc) is 2.19. The number of carbonyl (C=O) groups excluding carboxylic acids is 1. The Kier molecular flexibility index (Phi) is 3.94. The Balaban J connectivity index is 3.13. The lowest BCUT2D eigenvalue weighted by Gasteiger charge is -2.10. The first-order chi connectivity index (χ1) is 7.08. The predicted molar refractivity (Wildman–Crippen MR) is 55.2 cm³/mol. The van der Waals surface area contributed by atoms with Crippen LogP contribution in [-0.4, -0.2) is 18.2 Å². The van der Waals surface area contributed by atoms with Gasteiger partial charge in [0.2, 0.25) is 0 Å². The third-order valence-electron chi connectivity index (χ3n) is 1.76. The SMILES string of the molecule is COc1cc(OC(C)=O)c(Cl)cc1CO. The number of methoxy groups -OCH3 is 1. The third kappa shape index (κ3) is 2.84. The second-order valence-electron chi connectivity index (χ2n) is 2.85. The van der Waals surface area contributed by atoms with Gasteiger partial charge in [0.05, 0.1) is 18.7 Å². The summed E-state index contributed by atoms with van der Waals surface area (Å²) in [5.74, 6) is 0.187. The van der Waals surface area contributed by atoms with Gasteiger partial charge in [0.15, 0.2) is 5.75 Å². The first kappa shape index (κ1) is 11.8. The number of aliphatic hydroxyl groups is 1. The Morgan fingerprint density at radius 2 is 2.13 bits per heavy atom. The second kappa shape index (κ2) is 5.00. The van der Waals surface area contributed by atoms with Crippen LogP contribution < -0.4 is 9.47 Å². The molecule has 0 atom stereocenters. The Hall–Kier alpha value is -1.26. The highest BCUT2D eigenvalue weighted by atomic mass is 35.5. The van der Waals surface area contributed by atoms with Crippen LogP contribution in [0.25, 0.3) is 0 Å². The molecule has 0 unspecified atom stereocenters. The number of esters is 1. The largest absolute Gasteiger partial charge is 0.496 e. The molecule has 0 fully saturated rings. The van der Waals surface area contributed by atoms with Gasteiger partial charge in [-0.3, -0.25) is 4.79 Å². The summed E-state index contributed by atoms with van der Waals surface area (Å²) in [4.78, 5) is 10.7. The fourth-order valence-electron chi connectivity index (χ4n) is 1.12. The van der Waals surface area contributed by atoms with Crippen molar-refractivity contribution >= 4 is 17.6 Å². The van der Waals surface area contributed by atoms with E-state index in [-0.39, 0.29) is 17.4 Å². The van der Waals surface area contributed by atoms with Crippen molar-refractivity contribution in [1.82, 2.24) is 0 Å². The van der Waals surface area contributed by atoms with Gasteiger partial charge in [0, 0.05) is 18.6 Å². The molecule has 0 saturated carbocycles. The number of carbonyl (C=O) groups is 1. The van der Waals surface area contributed by atoms with Crippen LogP contribution in [0.3, 0.4) is 0 Å².